The summed E-state index contributed by atoms with van der Waals surface area (Å²) < 4.78 is 27.3. The Morgan fingerprint density at radius 3 is 2.34 bits per heavy atom. The van der Waals surface area contributed by atoms with Gasteiger partial charge in [0.25, 0.3) is 15.9 Å². The lowest BCUT2D eigenvalue weighted by atomic mass is 10.1. The van der Waals surface area contributed by atoms with Crippen LogP contribution in [0.2, 0.25) is 0 Å². The molecule has 2 aliphatic rings. The second kappa shape index (κ2) is 7.95. The highest BCUT2D eigenvalue weighted by Crippen LogP contribution is 2.41. The highest BCUT2D eigenvalue weighted by molar-refractivity contribution is 7.93. The van der Waals surface area contributed by atoms with E-state index in [-0.39, 0.29) is 17.3 Å². The Morgan fingerprint density at radius 1 is 0.829 bits per heavy atom. The fraction of sp³-hybridized carbons (Fsp3) is 0.111. The van der Waals surface area contributed by atoms with Gasteiger partial charge >= 0.3 is 0 Å². The van der Waals surface area contributed by atoms with Crippen LogP contribution in [0, 0.1) is 0 Å². The molecule has 4 aromatic carbocycles. The number of nitrogens with one attached hydrogen (secondary N) is 1. The minimum Gasteiger partial charge on any atom is -0.325 e. The maximum absolute atomic E-state index is 13.1. The SMILES string of the molecule is O=C(CN1c2cccc3cccc(c23)S1(=O)=O)Nc1ccc(C(=O)N2CCc3ccccc32)cc1. The molecule has 0 saturated heterocycles. The molecule has 0 unspecified atom stereocenters. The number of rotatable bonds is 4. The summed E-state index contributed by atoms with van der Waals surface area (Å²) in [5, 5.41) is 4.19. The van der Waals surface area contributed by atoms with Crippen molar-refractivity contribution in [2.24, 2.45) is 0 Å². The van der Waals surface area contributed by atoms with Gasteiger partial charge in [0.1, 0.15) is 6.54 Å². The van der Waals surface area contributed by atoms with Crippen molar-refractivity contribution in [1.82, 2.24) is 0 Å². The number of carbonyl (C=O) groups is 2. The third-order valence-corrected chi connectivity index (χ3v) is 8.32. The van der Waals surface area contributed by atoms with E-state index in [9.17, 15) is 18.0 Å². The standard InChI is InChI=1S/C27H21N3O4S/c31-25(17-30-23-9-3-6-19-7-4-10-24(26(19)23)35(30,33)34)28-21-13-11-20(12-14-21)27(32)29-16-15-18-5-1-2-8-22(18)29/h1-14H,15-17H2,(H,28,31). The fourth-order valence-corrected chi connectivity index (χ4v) is 6.53. The lowest BCUT2D eigenvalue weighted by molar-refractivity contribution is -0.114. The van der Waals surface area contributed by atoms with Gasteiger partial charge in [-0.05, 0) is 59.8 Å². The predicted octanol–water partition coefficient (Wildman–Crippen LogP) is 4.19. The second-order valence-electron chi connectivity index (χ2n) is 8.60. The van der Waals surface area contributed by atoms with E-state index in [2.05, 4.69) is 5.32 Å². The number of benzene rings is 4. The summed E-state index contributed by atoms with van der Waals surface area (Å²) in [4.78, 5) is 27.8. The predicted molar refractivity (Wildman–Crippen MR) is 135 cm³/mol. The van der Waals surface area contributed by atoms with Crippen molar-refractivity contribution in [3.8, 4) is 0 Å². The molecular formula is C27H21N3O4S. The van der Waals surface area contributed by atoms with E-state index in [0.717, 1.165) is 27.4 Å². The van der Waals surface area contributed by atoms with Crippen molar-refractivity contribution in [3.63, 3.8) is 0 Å². The van der Waals surface area contributed by atoms with Gasteiger partial charge in [0.2, 0.25) is 5.91 Å². The van der Waals surface area contributed by atoms with Crippen LogP contribution in [0.25, 0.3) is 10.8 Å². The Balaban J connectivity index is 1.18. The first-order chi connectivity index (χ1) is 16.9. The first-order valence-electron chi connectivity index (χ1n) is 11.3. The number of nitrogens with zero attached hydrogens (tertiary/aromatic N) is 2. The Kier molecular flexibility index (Phi) is 4.86. The maximum Gasteiger partial charge on any atom is 0.265 e. The molecule has 35 heavy (non-hydrogen) atoms. The lowest BCUT2D eigenvalue weighted by Crippen LogP contribution is -2.35. The zero-order valence-corrected chi connectivity index (χ0v) is 19.5. The van der Waals surface area contributed by atoms with E-state index in [0.29, 0.717) is 28.9 Å². The quantitative estimate of drug-likeness (QED) is 0.472. The van der Waals surface area contributed by atoms with Gasteiger partial charge in [-0.25, -0.2) is 8.42 Å². The third kappa shape index (κ3) is 3.45. The Labute approximate surface area is 202 Å². The molecule has 7 nitrogen and oxygen atoms in total. The van der Waals surface area contributed by atoms with Gasteiger partial charge in [-0.15, -0.1) is 0 Å². The molecule has 0 fully saturated rings. The summed E-state index contributed by atoms with van der Waals surface area (Å²) in [7, 11) is -3.82. The van der Waals surface area contributed by atoms with Crippen LogP contribution in [0.5, 0.6) is 0 Å². The summed E-state index contributed by atoms with van der Waals surface area (Å²) in [5.41, 5.74) is 3.59. The van der Waals surface area contributed by atoms with Gasteiger partial charge < -0.3 is 10.2 Å². The normalized spacial score (nSPS) is 15.3. The van der Waals surface area contributed by atoms with Crippen LogP contribution in [0.1, 0.15) is 15.9 Å². The molecule has 0 spiro atoms. The van der Waals surface area contributed by atoms with Crippen molar-refractivity contribution in [1.29, 1.82) is 0 Å². The number of carbonyl (C=O) groups excluding carboxylic acids is 2. The Bertz CT molecular complexity index is 1610. The molecule has 2 aliphatic heterocycles. The Hall–Kier alpha value is -4.17. The number of fused-ring (bicyclic) bond motifs is 1. The van der Waals surface area contributed by atoms with Crippen LogP contribution in [0.4, 0.5) is 17.1 Å². The summed E-state index contributed by atoms with van der Waals surface area (Å²) in [6, 6.07) is 25.0. The van der Waals surface area contributed by atoms with Gasteiger partial charge in [0.05, 0.1) is 10.6 Å². The van der Waals surface area contributed by atoms with Gasteiger partial charge in [0.15, 0.2) is 0 Å². The largest absolute Gasteiger partial charge is 0.325 e. The van der Waals surface area contributed by atoms with Crippen LogP contribution in [0.15, 0.2) is 89.8 Å². The number of hydrogen-bond donors (Lipinski definition) is 1. The van der Waals surface area contributed by atoms with Crippen molar-refractivity contribution >= 4 is 49.7 Å². The molecule has 6 rings (SSSR count). The van der Waals surface area contributed by atoms with E-state index >= 15 is 0 Å². The van der Waals surface area contributed by atoms with Crippen LogP contribution in [-0.4, -0.2) is 33.3 Å². The first kappa shape index (κ1) is 21.4. The van der Waals surface area contributed by atoms with Crippen molar-refractivity contribution in [2.75, 3.05) is 27.6 Å². The van der Waals surface area contributed by atoms with E-state index in [1.807, 2.05) is 36.4 Å². The second-order valence-corrected chi connectivity index (χ2v) is 10.4. The molecule has 0 atom stereocenters. The van der Waals surface area contributed by atoms with E-state index in [1.54, 1.807) is 53.4 Å². The maximum atomic E-state index is 13.1. The smallest absolute Gasteiger partial charge is 0.265 e. The first-order valence-corrected chi connectivity index (χ1v) is 12.7. The van der Waals surface area contributed by atoms with Crippen molar-refractivity contribution in [2.45, 2.75) is 11.3 Å². The molecule has 0 bridgehead atoms. The lowest BCUT2D eigenvalue weighted by Gasteiger charge is -2.19. The van der Waals surface area contributed by atoms with E-state index < -0.39 is 15.9 Å². The number of sulfonamides is 1. The van der Waals surface area contributed by atoms with Gasteiger partial charge in [0, 0.05) is 28.9 Å². The monoisotopic (exact) mass is 483 g/mol. The molecule has 0 saturated carbocycles. The van der Waals surface area contributed by atoms with Gasteiger partial charge in [-0.3, -0.25) is 13.9 Å². The van der Waals surface area contributed by atoms with Crippen molar-refractivity contribution < 1.29 is 18.0 Å². The van der Waals surface area contributed by atoms with Gasteiger partial charge in [-0.1, -0.05) is 42.5 Å². The molecule has 1 N–H and O–H groups in total. The molecule has 2 amide bonds. The molecule has 4 aromatic rings. The number of amides is 2. The minimum absolute atomic E-state index is 0.0955. The molecule has 0 aliphatic carbocycles. The number of para-hydroxylation sites is 1. The number of anilines is 3. The summed E-state index contributed by atoms with van der Waals surface area (Å²) in [5.74, 6) is -0.562. The number of hydrogen-bond acceptors (Lipinski definition) is 4. The zero-order valence-electron chi connectivity index (χ0n) is 18.6. The fourth-order valence-electron chi connectivity index (χ4n) is 4.86. The molecule has 2 heterocycles. The molecule has 8 heteroatoms. The van der Waals surface area contributed by atoms with Crippen LogP contribution in [0.3, 0.4) is 0 Å². The molecule has 0 radical (unpaired) electrons. The molecular weight excluding hydrogens is 462 g/mol. The Morgan fingerprint density at radius 2 is 1.54 bits per heavy atom. The van der Waals surface area contributed by atoms with E-state index in [4.69, 9.17) is 0 Å². The molecule has 0 aromatic heterocycles. The minimum atomic E-state index is -3.82. The zero-order chi connectivity index (χ0) is 24.2. The van der Waals surface area contributed by atoms with Crippen LogP contribution >= 0.6 is 0 Å². The summed E-state index contributed by atoms with van der Waals surface area (Å²) in [6.07, 6.45) is 0.826. The molecule has 174 valence electrons. The average molecular weight is 484 g/mol. The summed E-state index contributed by atoms with van der Waals surface area (Å²) in [6.45, 7) is 0.289. The van der Waals surface area contributed by atoms with Gasteiger partial charge in [-0.2, -0.15) is 0 Å². The highest BCUT2D eigenvalue weighted by atomic mass is 32.2. The third-order valence-electron chi connectivity index (χ3n) is 6.52. The topological polar surface area (TPSA) is 86.8 Å². The highest BCUT2D eigenvalue weighted by Gasteiger charge is 2.36. The van der Waals surface area contributed by atoms with Crippen LogP contribution < -0.4 is 14.5 Å². The van der Waals surface area contributed by atoms with E-state index in [1.165, 1.54) is 0 Å². The summed E-state index contributed by atoms with van der Waals surface area (Å²) >= 11 is 0. The van der Waals surface area contributed by atoms with Crippen LogP contribution in [-0.2, 0) is 21.2 Å². The van der Waals surface area contributed by atoms with Crippen molar-refractivity contribution in [3.05, 3.63) is 96.1 Å². The average Bonchev–Trinajstić information content (AvgIpc) is 3.39.